The molecule has 34 heavy (non-hydrogen) atoms. The summed E-state index contributed by atoms with van der Waals surface area (Å²) in [5.74, 6) is 0.245. The monoisotopic (exact) mass is 472 g/mol. The van der Waals surface area contributed by atoms with Gasteiger partial charge >= 0.3 is 0 Å². The van der Waals surface area contributed by atoms with Gasteiger partial charge in [-0.2, -0.15) is 0 Å². The molecule has 4 heteroatoms. The highest BCUT2D eigenvalue weighted by Gasteiger charge is 2.74. The summed E-state index contributed by atoms with van der Waals surface area (Å²) in [7, 11) is 0. The summed E-state index contributed by atoms with van der Waals surface area (Å²) in [5.41, 5.74) is -1.37. The van der Waals surface area contributed by atoms with Gasteiger partial charge in [0, 0.05) is 10.8 Å². The molecular weight excluding hydrogens is 424 g/mol. The highest BCUT2D eigenvalue weighted by Crippen LogP contribution is 2.76. The molecular formula is C30H48O4. The number of fused-ring (bicyclic) bond motifs is 7. The van der Waals surface area contributed by atoms with E-state index in [0.717, 1.165) is 57.7 Å². The third-order valence-corrected chi connectivity index (χ3v) is 13.3. The number of aliphatic hydroxyl groups excluding tert-OH is 2. The van der Waals surface area contributed by atoms with Gasteiger partial charge in [0.05, 0.1) is 6.10 Å². The van der Waals surface area contributed by atoms with Crippen LogP contribution in [0.4, 0.5) is 0 Å². The van der Waals surface area contributed by atoms with Gasteiger partial charge in [-0.1, -0.05) is 60.1 Å². The predicted octanol–water partition coefficient (Wildman–Crippen LogP) is 5.43. The maximum absolute atomic E-state index is 12.8. The quantitative estimate of drug-likeness (QED) is 0.351. The molecule has 4 fully saturated rings. The number of aldehydes is 1. The van der Waals surface area contributed by atoms with Gasteiger partial charge in [-0.05, 0) is 91.3 Å². The van der Waals surface area contributed by atoms with Crippen LogP contribution >= 0.6 is 0 Å². The lowest BCUT2D eigenvalue weighted by Crippen LogP contribution is -2.75. The minimum absolute atomic E-state index is 0.0580. The molecule has 3 N–H and O–H groups in total. The number of hydrogen-bond donors (Lipinski definition) is 3. The van der Waals surface area contributed by atoms with Gasteiger partial charge in [0.1, 0.15) is 18.0 Å². The molecule has 0 heterocycles. The summed E-state index contributed by atoms with van der Waals surface area (Å²) in [6.45, 7) is 15.7. The average molecular weight is 473 g/mol. The number of rotatable bonds is 1. The number of carbonyl (C=O) groups excluding carboxylic acids is 1. The lowest BCUT2D eigenvalue weighted by Gasteiger charge is -2.73. The van der Waals surface area contributed by atoms with Crippen LogP contribution < -0.4 is 0 Å². The Morgan fingerprint density at radius 2 is 1.50 bits per heavy atom. The van der Waals surface area contributed by atoms with E-state index in [1.807, 2.05) is 6.92 Å². The second-order valence-electron chi connectivity index (χ2n) is 15.1. The Kier molecular flexibility index (Phi) is 5.13. The minimum Gasteiger partial charge on any atom is -0.393 e. The Morgan fingerprint density at radius 1 is 0.853 bits per heavy atom. The first-order valence-corrected chi connectivity index (χ1v) is 13.8. The maximum Gasteiger partial charge on any atom is 0.125 e. The van der Waals surface area contributed by atoms with Crippen LogP contribution in [0, 0.1) is 44.3 Å². The molecule has 0 radical (unpaired) electrons. The molecule has 5 aliphatic rings. The highest BCUT2D eigenvalue weighted by atomic mass is 16.3. The van der Waals surface area contributed by atoms with E-state index in [1.54, 1.807) is 0 Å². The Bertz CT molecular complexity index is 925. The molecule has 5 rings (SSSR count). The van der Waals surface area contributed by atoms with Gasteiger partial charge in [-0.15, -0.1) is 0 Å². The fourth-order valence-electron chi connectivity index (χ4n) is 10.5. The van der Waals surface area contributed by atoms with E-state index in [4.69, 9.17) is 0 Å². The summed E-state index contributed by atoms with van der Waals surface area (Å²) in [4.78, 5) is 12.1. The van der Waals surface area contributed by atoms with Gasteiger partial charge in [0.2, 0.25) is 0 Å². The minimum atomic E-state index is -1.25. The Balaban J connectivity index is 1.67. The van der Waals surface area contributed by atoms with E-state index in [1.165, 1.54) is 5.57 Å². The topological polar surface area (TPSA) is 77.8 Å². The van der Waals surface area contributed by atoms with Crippen molar-refractivity contribution in [2.75, 3.05) is 0 Å². The fourth-order valence-corrected chi connectivity index (χ4v) is 10.5. The number of allylic oxidation sites excluding steroid dienone is 1. The van der Waals surface area contributed by atoms with Crippen LogP contribution in [0.2, 0.25) is 0 Å². The number of aliphatic hydroxyl groups is 3. The predicted molar refractivity (Wildman–Crippen MR) is 134 cm³/mol. The molecule has 0 saturated heterocycles. The highest BCUT2D eigenvalue weighted by molar-refractivity contribution is 5.59. The van der Waals surface area contributed by atoms with Crippen molar-refractivity contribution in [3.05, 3.63) is 11.6 Å². The summed E-state index contributed by atoms with van der Waals surface area (Å²) >= 11 is 0. The van der Waals surface area contributed by atoms with E-state index >= 15 is 0 Å². The first kappa shape index (κ1) is 25.0. The van der Waals surface area contributed by atoms with Crippen molar-refractivity contribution in [1.29, 1.82) is 0 Å². The lowest BCUT2D eigenvalue weighted by molar-refractivity contribution is -0.286. The van der Waals surface area contributed by atoms with Gasteiger partial charge in [-0.3, -0.25) is 0 Å². The molecule has 0 aromatic rings. The molecule has 10 atom stereocenters. The van der Waals surface area contributed by atoms with Crippen molar-refractivity contribution in [3.63, 3.8) is 0 Å². The maximum atomic E-state index is 12.8. The Labute approximate surface area is 206 Å². The van der Waals surface area contributed by atoms with Crippen LogP contribution in [0.5, 0.6) is 0 Å². The summed E-state index contributed by atoms with van der Waals surface area (Å²) < 4.78 is 0. The van der Waals surface area contributed by atoms with Crippen molar-refractivity contribution in [2.45, 2.75) is 124 Å². The smallest absolute Gasteiger partial charge is 0.125 e. The fraction of sp³-hybridized carbons (Fsp3) is 0.900. The molecule has 0 aromatic heterocycles. The third-order valence-electron chi connectivity index (χ3n) is 13.3. The van der Waals surface area contributed by atoms with Crippen LogP contribution in [-0.2, 0) is 4.79 Å². The summed E-state index contributed by atoms with van der Waals surface area (Å²) in [6.07, 6.45) is 9.99. The van der Waals surface area contributed by atoms with Crippen molar-refractivity contribution in [2.24, 2.45) is 44.3 Å². The van der Waals surface area contributed by atoms with Gasteiger partial charge in [0.25, 0.3) is 0 Å². The van der Waals surface area contributed by atoms with Gasteiger partial charge in [-0.25, -0.2) is 0 Å². The van der Waals surface area contributed by atoms with Crippen LogP contribution in [0.15, 0.2) is 11.6 Å². The van der Waals surface area contributed by atoms with Crippen molar-refractivity contribution >= 4 is 6.29 Å². The molecule has 2 unspecified atom stereocenters. The van der Waals surface area contributed by atoms with Crippen LogP contribution in [0.25, 0.3) is 0 Å². The van der Waals surface area contributed by atoms with E-state index in [-0.39, 0.29) is 33.7 Å². The zero-order chi connectivity index (χ0) is 25.2. The second-order valence-corrected chi connectivity index (χ2v) is 15.1. The zero-order valence-electron chi connectivity index (χ0n) is 22.6. The van der Waals surface area contributed by atoms with Gasteiger partial charge < -0.3 is 20.1 Å². The van der Waals surface area contributed by atoms with Crippen molar-refractivity contribution in [3.8, 4) is 0 Å². The van der Waals surface area contributed by atoms with Crippen molar-refractivity contribution in [1.82, 2.24) is 0 Å². The van der Waals surface area contributed by atoms with Gasteiger partial charge in [0.15, 0.2) is 0 Å². The van der Waals surface area contributed by atoms with E-state index in [2.05, 4.69) is 47.6 Å². The number of hydrogen-bond acceptors (Lipinski definition) is 4. The van der Waals surface area contributed by atoms with E-state index in [0.29, 0.717) is 12.3 Å². The molecule has 0 amide bonds. The SMILES string of the molecule is CC1(C)[C@@H](O)CC[C@]2(C)C3=CC(O)[C@]4(O)C5C[C@@](C)(C=O)CC[C@]5(C)CC[C@@]4(C)[C@]3(C)CC[C@@H]12. The lowest BCUT2D eigenvalue weighted by atomic mass is 9.32. The molecule has 4 saturated carbocycles. The van der Waals surface area contributed by atoms with Crippen LogP contribution in [-0.4, -0.2) is 39.4 Å². The zero-order valence-corrected chi connectivity index (χ0v) is 22.6. The Hall–Kier alpha value is -0.710. The molecule has 0 aromatic carbocycles. The third kappa shape index (κ3) is 2.69. The molecule has 0 aliphatic heterocycles. The second kappa shape index (κ2) is 6.98. The average Bonchev–Trinajstić information content (AvgIpc) is 2.77. The normalized spacial score (nSPS) is 58.5. The Morgan fingerprint density at radius 3 is 2.15 bits per heavy atom. The molecule has 192 valence electrons. The largest absolute Gasteiger partial charge is 0.393 e. The first-order chi connectivity index (χ1) is 15.5. The summed E-state index contributed by atoms with van der Waals surface area (Å²) in [5, 5.41) is 35.6. The molecule has 0 spiro atoms. The molecule has 5 aliphatic carbocycles. The number of carbonyl (C=O) groups is 1. The van der Waals surface area contributed by atoms with Crippen molar-refractivity contribution < 1.29 is 20.1 Å². The van der Waals surface area contributed by atoms with Crippen LogP contribution in [0.1, 0.15) is 106 Å². The summed E-state index contributed by atoms with van der Waals surface area (Å²) in [6, 6.07) is 0. The van der Waals surface area contributed by atoms with Crippen LogP contribution in [0.3, 0.4) is 0 Å². The molecule has 4 nitrogen and oxygen atoms in total. The molecule has 0 bridgehead atoms. The van der Waals surface area contributed by atoms with E-state index in [9.17, 15) is 20.1 Å². The first-order valence-electron chi connectivity index (χ1n) is 13.8. The standard InChI is InChI=1S/C30H48O4/c1-24(2)19-8-11-28(6)20(27(19,5)10-9-22(24)32)16-23(33)30(34)21-17-25(3,18-31)12-13-26(21,4)14-15-29(28,30)7/h16,18-19,21-23,32-34H,8-15,17H2,1-7H3/t19-,21?,22-,23?,25-,26+,27-,28+,29-,30+/m0/s1. The van der Waals surface area contributed by atoms with E-state index < -0.39 is 22.5 Å².